The summed E-state index contributed by atoms with van der Waals surface area (Å²) in [6.07, 6.45) is 0. The number of para-hydroxylation sites is 1. The number of benzene rings is 2. The highest BCUT2D eigenvalue weighted by atomic mass is 35.5. The van der Waals surface area contributed by atoms with E-state index in [0.717, 1.165) is 5.69 Å². The average Bonchev–Trinajstić information content (AvgIpc) is 2.62. The minimum Gasteiger partial charge on any atom is -0.369 e. The molecule has 0 amide bonds. The SMILES string of the molecule is O=[N+]([O-])c1ccccc1S(=O)(=O)N1CCN(c2ccc(Cl)cc2)CC1. The highest BCUT2D eigenvalue weighted by Crippen LogP contribution is 2.28. The number of nitrogens with zero attached hydrogens (tertiary/aromatic N) is 3. The zero-order chi connectivity index (χ0) is 18.0. The van der Waals surface area contributed by atoms with Crippen molar-refractivity contribution in [2.45, 2.75) is 4.90 Å². The average molecular weight is 382 g/mol. The molecular weight excluding hydrogens is 366 g/mol. The fourth-order valence-electron chi connectivity index (χ4n) is 2.80. The first-order valence-electron chi connectivity index (χ1n) is 7.64. The van der Waals surface area contributed by atoms with Crippen LogP contribution in [-0.4, -0.2) is 43.8 Å². The van der Waals surface area contributed by atoms with Gasteiger partial charge in [-0.15, -0.1) is 0 Å². The number of piperazine rings is 1. The van der Waals surface area contributed by atoms with E-state index >= 15 is 0 Å². The molecule has 1 aliphatic rings. The van der Waals surface area contributed by atoms with Gasteiger partial charge in [-0.1, -0.05) is 23.7 Å². The van der Waals surface area contributed by atoms with Crippen LogP contribution in [0.3, 0.4) is 0 Å². The third-order valence-corrected chi connectivity index (χ3v) is 6.31. The lowest BCUT2D eigenvalue weighted by atomic mass is 10.2. The third kappa shape index (κ3) is 3.60. The summed E-state index contributed by atoms with van der Waals surface area (Å²) in [4.78, 5) is 12.2. The Hall–Kier alpha value is -2.16. The first-order valence-corrected chi connectivity index (χ1v) is 9.45. The highest BCUT2D eigenvalue weighted by Gasteiger charge is 2.33. The second-order valence-corrected chi connectivity index (χ2v) is 7.94. The minimum absolute atomic E-state index is 0.261. The van der Waals surface area contributed by atoms with Crippen LogP contribution in [0.25, 0.3) is 0 Å². The lowest BCUT2D eigenvalue weighted by Crippen LogP contribution is -2.48. The normalized spacial score (nSPS) is 16.0. The largest absolute Gasteiger partial charge is 0.369 e. The molecule has 2 aromatic carbocycles. The Labute approximate surface area is 150 Å². The van der Waals surface area contributed by atoms with Gasteiger partial charge in [-0.05, 0) is 30.3 Å². The lowest BCUT2D eigenvalue weighted by Gasteiger charge is -2.35. The highest BCUT2D eigenvalue weighted by molar-refractivity contribution is 7.89. The maximum Gasteiger partial charge on any atom is 0.289 e. The van der Waals surface area contributed by atoms with Gasteiger partial charge in [0.25, 0.3) is 5.69 Å². The monoisotopic (exact) mass is 381 g/mol. The number of rotatable bonds is 4. The Morgan fingerprint density at radius 3 is 2.16 bits per heavy atom. The van der Waals surface area contributed by atoms with Crippen LogP contribution < -0.4 is 4.90 Å². The van der Waals surface area contributed by atoms with Gasteiger partial charge in [0.1, 0.15) is 0 Å². The van der Waals surface area contributed by atoms with Gasteiger partial charge in [-0.2, -0.15) is 4.31 Å². The van der Waals surface area contributed by atoms with E-state index in [-0.39, 0.29) is 18.0 Å². The van der Waals surface area contributed by atoms with Crippen molar-refractivity contribution in [1.82, 2.24) is 4.31 Å². The second kappa shape index (κ2) is 6.99. The first kappa shape index (κ1) is 17.7. The van der Waals surface area contributed by atoms with E-state index in [0.29, 0.717) is 18.1 Å². The molecule has 0 atom stereocenters. The molecule has 1 fully saturated rings. The minimum atomic E-state index is -3.91. The van der Waals surface area contributed by atoms with Gasteiger partial charge >= 0.3 is 0 Å². The van der Waals surface area contributed by atoms with E-state index in [1.807, 2.05) is 12.1 Å². The number of sulfonamides is 1. The van der Waals surface area contributed by atoms with Gasteiger partial charge < -0.3 is 4.90 Å². The van der Waals surface area contributed by atoms with Gasteiger partial charge in [0.2, 0.25) is 10.0 Å². The van der Waals surface area contributed by atoms with Crippen LogP contribution in [0.1, 0.15) is 0 Å². The Balaban J connectivity index is 1.78. The topological polar surface area (TPSA) is 83.8 Å². The van der Waals surface area contributed by atoms with E-state index in [1.165, 1.54) is 28.6 Å². The van der Waals surface area contributed by atoms with E-state index in [9.17, 15) is 18.5 Å². The molecule has 1 heterocycles. The predicted molar refractivity (Wildman–Crippen MR) is 95.5 cm³/mol. The van der Waals surface area contributed by atoms with E-state index < -0.39 is 20.6 Å². The van der Waals surface area contributed by atoms with Crippen molar-refractivity contribution in [2.75, 3.05) is 31.1 Å². The molecule has 25 heavy (non-hydrogen) atoms. The predicted octanol–water partition coefficient (Wildman–Crippen LogP) is 2.76. The Kier molecular flexibility index (Phi) is 4.94. The molecule has 0 aromatic heterocycles. The first-order chi connectivity index (χ1) is 11.9. The van der Waals surface area contributed by atoms with Gasteiger partial charge in [-0.25, -0.2) is 8.42 Å². The molecule has 7 nitrogen and oxygen atoms in total. The Bertz CT molecular complexity index is 879. The summed E-state index contributed by atoms with van der Waals surface area (Å²) in [5.41, 5.74) is 0.565. The van der Waals surface area contributed by atoms with Crippen molar-refractivity contribution in [3.05, 3.63) is 63.7 Å². The number of nitro benzene ring substituents is 1. The molecule has 0 N–H and O–H groups in total. The maximum absolute atomic E-state index is 12.8. The molecule has 0 unspecified atom stereocenters. The standard InChI is InChI=1S/C16H16ClN3O4S/c17-13-5-7-14(8-6-13)18-9-11-19(12-10-18)25(23,24)16-4-2-1-3-15(16)20(21)22/h1-8H,9-12H2. The molecule has 0 spiro atoms. The molecule has 132 valence electrons. The van der Waals surface area contributed by atoms with Crippen molar-refractivity contribution in [2.24, 2.45) is 0 Å². The molecule has 0 radical (unpaired) electrons. The molecular formula is C16H16ClN3O4S. The van der Waals surface area contributed by atoms with Gasteiger partial charge in [0.05, 0.1) is 4.92 Å². The molecule has 1 saturated heterocycles. The summed E-state index contributed by atoms with van der Waals surface area (Å²) < 4.78 is 26.9. The van der Waals surface area contributed by atoms with Crippen LogP contribution in [0.5, 0.6) is 0 Å². The second-order valence-electron chi connectivity index (χ2n) is 5.59. The van der Waals surface area contributed by atoms with Crippen LogP contribution in [0.2, 0.25) is 5.02 Å². The number of halogens is 1. The van der Waals surface area contributed by atoms with Gasteiger partial charge in [-0.3, -0.25) is 10.1 Å². The molecule has 3 rings (SSSR count). The molecule has 1 aliphatic heterocycles. The summed E-state index contributed by atoms with van der Waals surface area (Å²) >= 11 is 5.88. The van der Waals surface area contributed by atoms with Gasteiger partial charge in [0, 0.05) is 43.0 Å². The molecule has 2 aromatic rings. The van der Waals surface area contributed by atoms with Crippen molar-refractivity contribution >= 4 is 33.0 Å². The Morgan fingerprint density at radius 1 is 0.960 bits per heavy atom. The molecule has 9 heteroatoms. The smallest absolute Gasteiger partial charge is 0.289 e. The number of hydrogen-bond acceptors (Lipinski definition) is 5. The number of hydrogen-bond donors (Lipinski definition) is 0. The maximum atomic E-state index is 12.8. The fourth-order valence-corrected chi connectivity index (χ4v) is 4.51. The zero-order valence-corrected chi connectivity index (χ0v) is 14.8. The fraction of sp³-hybridized carbons (Fsp3) is 0.250. The van der Waals surface area contributed by atoms with Crippen molar-refractivity contribution in [3.8, 4) is 0 Å². The van der Waals surface area contributed by atoms with Crippen molar-refractivity contribution in [3.63, 3.8) is 0 Å². The van der Waals surface area contributed by atoms with E-state index in [2.05, 4.69) is 4.90 Å². The van der Waals surface area contributed by atoms with Gasteiger partial charge in [0.15, 0.2) is 4.90 Å². The van der Waals surface area contributed by atoms with Crippen molar-refractivity contribution < 1.29 is 13.3 Å². The summed E-state index contributed by atoms with van der Waals surface area (Å²) in [7, 11) is -3.91. The summed E-state index contributed by atoms with van der Waals surface area (Å²) in [6, 6.07) is 12.8. The van der Waals surface area contributed by atoms with Crippen LogP contribution in [-0.2, 0) is 10.0 Å². The molecule has 0 aliphatic carbocycles. The van der Waals surface area contributed by atoms with E-state index in [4.69, 9.17) is 11.6 Å². The molecule has 0 bridgehead atoms. The summed E-state index contributed by atoms with van der Waals surface area (Å²) in [6.45, 7) is 1.52. The van der Waals surface area contributed by atoms with Crippen molar-refractivity contribution in [1.29, 1.82) is 0 Å². The van der Waals surface area contributed by atoms with Crippen LogP contribution in [0, 0.1) is 10.1 Å². The van der Waals surface area contributed by atoms with E-state index in [1.54, 1.807) is 12.1 Å². The number of nitro groups is 1. The molecule has 0 saturated carbocycles. The van der Waals surface area contributed by atoms with Crippen LogP contribution >= 0.6 is 11.6 Å². The lowest BCUT2D eigenvalue weighted by molar-refractivity contribution is -0.387. The summed E-state index contributed by atoms with van der Waals surface area (Å²) in [5.74, 6) is 0. The number of anilines is 1. The summed E-state index contributed by atoms with van der Waals surface area (Å²) in [5, 5.41) is 11.8. The van der Waals surface area contributed by atoms with Crippen LogP contribution in [0.4, 0.5) is 11.4 Å². The Morgan fingerprint density at radius 2 is 1.56 bits per heavy atom. The van der Waals surface area contributed by atoms with Crippen LogP contribution in [0.15, 0.2) is 53.4 Å². The quantitative estimate of drug-likeness (QED) is 0.600. The zero-order valence-electron chi connectivity index (χ0n) is 13.2. The third-order valence-electron chi connectivity index (χ3n) is 4.11.